The molecule has 0 atom stereocenters. The van der Waals surface area contributed by atoms with Crippen LogP contribution in [-0.2, 0) is 10.2 Å². The Morgan fingerprint density at radius 3 is 2.69 bits per heavy atom. The van der Waals surface area contributed by atoms with E-state index in [1.807, 2.05) is 12.1 Å². The molecule has 0 saturated carbocycles. The molecule has 0 N–H and O–H groups in total. The Bertz CT molecular complexity index is 377. The normalized spacial score (nSPS) is 17.9. The van der Waals surface area contributed by atoms with Crippen LogP contribution >= 0.6 is 24.2 Å². The van der Waals surface area contributed by atoms with E-state index >= 15 is 0 Å². The monoisotopic (exact) mass is 258 g/mol. The van der Waals surface area contributed by atoms with E-state index in [-0.39, 0.29) is 5.41 Å². The molecule has 2 rings (SSSR count). The molecule has 0 bridgehead atoms. The van der Waals surface area contributed by atoms with Crippen molar-refractivity contribution in [3.8, 4) is 5.75 Å². The summed E-state index contributed by atoms with van der Waals surface area (Å²) in [6, 6.07) is 5.96. The van der Waals surface area contributed by atoms with Crippen LogP contribution in [0, 0.1) is 0 Å². The molecule has 1 aliphatic rings. The van der Waals surface area contributed by atoms with Gasteiger partial charge in [0.1, 0.15) is 5.75 Å². The lowest BCUT2D eigenvalue weighted by atomic mass is 9.76. The first-order valence-electron chi connectivity index (χ1n) is 5.24. The number of rotatable bonds is 4. The molecule has 0 spiro atoms. The van der Waals surface area contributed by atoms with Gasteiger partial charge in [-0.05, 0) is 29.9 Å². The van der Waals surface area contributed by atoms with Gasteiger partial charge in [0, 0.05) is 5.41 Å². The molecule has 1 aliphatic heterocycles. The van der Waals surface area contributed by atoms with E-state index in [0.29, 0.717) is 10.8 Å². The summed E-state index contributed by atoms with van der Waals surface area (Å²) < 4.78 is 10.5. The highest BCUT2D eigenvalue weighted by molar-refractivity contribution is 7.80. The van der Waals surface area contributed by atoms with Crippen LogP contribution in [0.2, 0.25) is 5.02 Å². The average Bonchev–Trinajstić information content (AvgIpc) is 2.23. The predicted octanol–water partition coefficient (Wildman–Crippen LogP) is 2.94. The largest absolute Gasteiger partial charge is 0.495 e. The molecule has 0 amide bonds. The zero-order valence-corrected chi connectivity index (χ0v) is 10.9. The summed E-state index contributed by atoms with van der Waals surface area (Å²) in [5.74, 6) is 1.57. The van der Waals surface area contributed by atoms with Gasteiger partial charge in [-0.15, -0.1) is 0 Å². The second kappa shape index (κ2) is 4.86. The molecular weight excluding hydrogens is 244 g/mol. The van der Waals surface area contributed by atoms with Gasteiger partial charge < -0.3 is 9.47 Å². The summed E-state index contributed by atoms with van der Waals surface area (Å²) in [5.41, 5.74) is 1.33. The first-order valence-corrected chi connectivity index (χ1v) is 6.25. The van der Waals surface area contributed by atoms with Gasteiger partial charge in [-0.1, -0.05) is 17.7 Å². The van der Waals surface area contributed by atoms with Crippen molar-refractivity contribution in [1.82, 2.24) is 0 Å². The Kier molecular flexibility index (Phi) is 3.67. The number of ether oxygens (including phenoxy) is 2. The maximum Gasteiger partial charge on any atom is 0.137 e. The number of hydrogen-bond donors (Lipinski definition) is 1. The fraction of sp³-hybridized carbons (Fsp3) is 0.500. The number of halogens is 1. The zero-order valence-electron chi connectivity index (χ0n) is 9.20. The molecule has 2 nitrogen and oxygen atoms in total. The van der Waals surface area contributed by atoms with Crippen molar-refractivity contribution in [1.29, 1.82) is 0 Å². The first-order chi connectivity index (χ1) is 7.72. The summed E-state index contributed by atoms with van der Waals surface area (Å²) in [4.78, 5) is 0. The fourth-order valence-corrected chi connectivity index (χ4v) is 2.70. The standard InChI is InChI=1S/C12H15ClO2S/c1-14-11-3-2-9(6-10(11)13)12(4-5-16)7-15-8-12/h2-3,6,16H,4-5,7-8H2,1H3. The average molecular weight is 259 g/mol. The Labute approximate surface area is 106 Å². The summed E-state index contributed by atoms with van der Waals surface area (Å²) in [6.07, 6.45) is 1.01. The molecule has 4 heteroatoms. The Morgan fingerprint density at radius 2 is 2.25 bits per heavy atom. The van der Waals surface area contributed by atoms with E-state index in [0.717, 1.165) is 25.4 Å². The van der Waals surface area contributed by atoms with E-state index < -0.39 is 0 Å². The maximum atomic E-state index is 6.13. The van der Waals surface area contributed by atoms with Crippen molar-refractivity contribution in [2.24, 2.45) is 0 Å². The summed E-state index contributed by atoms with van der Waals surface area (Å²) >= 11 is 10.4. The third-order valence-electron chi connectivity index (χ3n) is 3.11. The summed E-state index contributed by atoms with van der Waals surface area (Å²) in [7, 11) is 1.62. The minimum absolute atomic E-state index is 0.109. The number of thiol groups is 1. The molecule has 0 unspecified atom stereocenters. The molecule has 0 aromatic heterocycles. The molecule has 0 radical (unpaired) electrons. The van der Waals surface area contributed by atoms with E-state index in [9.17, 15) is 0 Å². The van der Waals surface area contributed by atoms with Gasteiger partial charge in [-0.2, -0.15) is 12.6 Å². The Balaban J connectivity index is 2.29. The van der Waals surface area contributed by atoms with Crippen molar-refractivity contribution < 1.29 is 9.47 Å². The maximum absolute atomic E-state index is 6.13. The van der Waals surface area contributed by atoms with Gasteiger partial charge in [0.2, 0.25) is 0 Å². The molecule has 0 aliphatic carbocycles. The number of benzene rings is 1. The van der Waals surface area contributed by atoms with Crippen LogP contribution in [0.15, 0.2) is 18.2 Å². The molecule has 1 saturated heterocycles. The van der Waals surface area contributed by atoms with Gasteiger partial charge in [-0.25, -0.2) is 0 Å². The fourth-order valence-electron chi connectivity index (χ4n) is 2.01. The third-order valence-corrected chi connectivity index (χ3v) is 3.63. The molecule has 1 aromatic rings. The minimum atomic E-state index is 0.109. The zero-order chi connectivity index (χ0) is 11.6. The molecular formula is C12H15ClO2S. The van der Waals surface area contributed by atoms with Crippen molar-refractivity contribution in [2.45, 2.75) is 11.8 Å². The highest BCUT2D eigenvalue weighted by Crippen LogP contribution is 2.39. The van der Waals surface area contributed by atoms with E-state index in [4.69, 9.17) is 21.1 Å². The lowest BCUT2D eigenvalue weighted by molar-refractivity contribution is -0.0613. The summed E-state index contributed by atoms with van der Waals surface area (Å²) in [6.45, 7) is 1.52. The third kappa shape index (κ3) is 2.04. The topological polar surface area (TPSA) is 18.5 Å². The van der Waals surface area contributed by atoms with Crippen molar-refractivity contribution in [3.63, 3.8) is 0 Å². The van der Waals surface area contributed by atoms with Crippen LogP contribution in [0.25, 0.3) is 0 Å². The Morgan fingerprint density at radius 1 is 1.50 bits per heavy atom. The highest BCUT2D eigenvalue weighted by atomic mass is 35.5. The molecule has 1 aromatic carbocycles. The van der Waals surface area contributed by atoms with Crippen LogP contribution in [-0.4, -0.2) is 26.1 Å². The minimum Gasteiger partial charge on any atom is -0.495 e. The SMILES string of the molecule is COc1ccc(C2(CCS)COC2)cc1Cl. The second-order valence-corrected chi connectivity index (χ2v) is 4.95. The number of methoxy groups -OCH3 is 1. The molecule has 1 fully saturated rings. The Hall–Kier alpha value is -0.380. The molecule has 1 heterocycles. The van der Waals surface area contributed by atoms with E-state index in [1.54, 1.807) is 7.11 Å². The van der Waals surface area contributed by atoms with Crippen LogP contribution in [0.3, 0.4) is 0 Å². The highest BCUT2D eigenvalue weighted by Gasteiger charge is 2.39. The van der Waals surface area contributed by atoms with Gasteiger partial charge in [0.05, 0.1) is 25.3 Å². The smallest absolute Gasteiger partial charge is 0.137 e. The first kappa shape index (κ1) is 12.1. The lowest BCUT2D eigenvalue weighted by Crippen LogP contribution is -2.47. The van der Waals surface area contributed by atoms with Crippen LogP contribution < -0.4 is 4.74 Å². The van der Waals surface area contributed by atoms with E-state index in [2.05, 4.69) is 18.7 Å². The van der Waals surface area contributed by atoms with Crippen LogP contribution in [0.1, 0.15) is 12.0 Å². The van der Waals surface area contributed by atoms with Crippen LogP contribution in [0.4, 0.5) is 0 Å². The molecule has 16 heavy (non-hydrogen) atoms. The van der Waals surface area contributed by atoms with Crippen molar-refractivity contribution in [2.75, 3.05) is 26.1 Å². The second-order valence-electron chi connectivity index (χ2n) is 4.10. The van der Waals surface area contributed by atoms with Crippen molar-refractivity contribution in [3.05, 3.63) is 28.8 Å². The summed E-state index contributed by atoms with van der Waals surface area (Å²) in [5, 5.41) is 0.658. The van der Waals surface area contributed by atoms with Crippen LogP contribution in [0.5, 0.6) is 5.75 Å². The molecule has 88 valence electrons. The van der Waals surface area contributed by atoms with E-state index in [1.165, 1.54) is 5.56 Å². The van der Waals surface area contributed by atoms with Gasteiger partial charge >= 0.3 is 0 Å². The predicted molar refractivity (Wildman–Crippen MR) is 69.0 cm³/mol. The van der Waals surface area contributed by atoms with Crippen molar-refractivity contribution >= 4 is 24.2 Å². The number of hydrogen-bond acceptors (Lipinski definition) is 3. The van der Waals surface area contributed by atoms with Gasteiger partial charge in [0.15, 0.2) is 0 Å². The lowest BCUT2D eigenvalue weighted by Gasteiger charge is -2.42. The van der Waals surface area contributed by atoms with Gasteiger partial charge in [-0.3, -0.25) is 0 Å². The van der Waals surface area contributed by atoms with Gasteiger partial charge in [0.25, 0.3) is 0 Å². The quantitative estimate of drug-likeness (QED) is 0.838.